The lowest BCUT2D eigenvalue weighted by atomic mass is 9.95. The standard InChI is InChI=1S/C16H28F3N3O/c1-2-21(11-16(17,18)19)9-12-6-7-22(10-12)15(23)14-5-3-4-13(14)8-20/h12-14H,2-11,20H2,1H3/t12?,13-,14-/m1/s1. The van der Waals surface area contributed by atoms with Crippen LogP contribution in [-0.2, 0) is 4.79 Å². The SMILES string of the molecule is CCN(CC1CCN(C(=O)[C@@H]2CCC[C@@H]2CN)C1)CC(F)(F)F. The molecule has 1 aliphatic carbocycles. The molecule has 134 valence electrons. The van der Waals surface area contributed by atoms with Gasteiger partial charge in [-0.15, -0.1) is 0 Å². The normalized spacial score (nSPS) is 28.8. The summed E-state index contributed by atoms with van der Waals surface area (Å²) in [5.74, 6) is 0.605. The number of alkyl halides is 3. The Morgan fingerprint density at radius 1 is 1.30 bits per heavy atom. The summed E-state index contributed by atoms with van der Waals surface area (Å²) in [5, 5.41) is 0. The Balaban J connectivity index is 1.84. The Labute approximate surface area is 136 Å². The van der Waals surface area contributed by atoms with Crippen LogP contribution in [0.15, 0.2) is 0 Å². The van der Waals surface area contributed by atoms with Gasteiger partial charge in [-0.3, -0.25) is 9.69 Å². The summed E-state index contributed by atoms with van der Waals surface area (Å²) in [7, 11) is 0. The molecule has 23 heavy (non-hydrogen) atoms. The minimum Gasteiger partial charge on any atom is -0.342 e. The van der Waals surface area contributed by atoms with Crippen LogP contribution in [0.1, 0.15) is 32.6 Å². The maximum absolute atomic E-state index is 12.6. The van der Waals surface area contributed by atoms with Crippen LogP contribution >= 0.6 is 0 Å². The highest BCUT2D eigenvalue weighted by Gasteiger charge is 2.38. The zero-order valence-electron chi connectivity index (χ0n) is 13.8. The van der Waals surface area contributed by atoms with Gasteiger partial charge in [-0.25, -0.2) is 0 Å². The van der Waals surface area contributed by atoms with Gasteiger partial charge in [0.05, 0.1) is 6.54 Å². The van der Waals surface area contributed by atoms with E-state index in [-0.39, 0.29) is 23.7 Å². The van der Waals surface area contributed by atoms with Crippen molar-refractivity contribution >= 4 is 5.91 Å². The van der Waals surface area contributed by atoms with Gasteiger partial charge in [0.2, 0.25) is 5.91 Å². The molecule has 7 heteroatoms. The second-order valence-corrected chi connectivity index (χ2v) is 6.92. The summed E-state index contributed by atoms with van der Waals surface area (Å²) in [6.07, 6.45) is -0.413. The molecule has 0 aromatic rings. The molecule has 0 aromatic carbocycles. The predicted octanol–water partition coefficient (Wildman–Crippen LogP) is 2.09. The quantitative estimate of drug-likeness (QED) is 0.809. The first-order valence-electron chi connectivity index (χ1n) is 8.62. The Morgan fingerprint density at radius 3 is 2.65 bits per heavy atom. The fraction of sp³-hybridized carbons (Fsp3) is 0.938. The van der Waals surface area contributed by atoms with E-state index < -0.39 is 12.7 Å². The summed E-state index contributed by atoms with van der Waals surface area (Å²) in [4.78, 5) is 15.9. The van der Waals surface area contributed by atoms with Gasteiger partial charge in [0.15, 0.2) is 0 Å². The molecule has 1 saturated heterocycles. The number of nitrogens with zero attached hydrogens (tertiary/aromatic N) is 2. The number of rotatable bonds is 6. The number of nitrogens with two attached hydrogens (primary N) is 1. The molecule has 1 unspecified atom stereocenters. The Kier molecular flexibility index (Phi) is 6.31. The molecule has 0 bridgehead atoms. The van der Waals surface area contributed by atoms with Crippen LogP contribution in [0.2, 0.25) is 0 Å². The van der Waals surface area contributed by atoms with E-state index in [1.165, 1.54) is 4.90 Å². The van der Waals surface area contributed by atoms with Gasteiger partial charge in [0, 0.05) is 25.6 Å². The number of hydrogen-bond donors (Lipinski definition) is 1. The Hall–Kier alpha value is -0.820. The summed E-state index contributed by atoms with van der Waals surface area (Å²) < 4.78 is 37.6. The lowest BCUT2D eigenvalue weighted by Crippen LogP contribution is -2.40. The smallest absolute Gasteiger partial charge is 0.342 e. The van der Waals surface area contributed by atoms with Crippen LogP contribution in [0.4, 0.5) is 13.2 Å². The van der Waals surface area contributed by atoms with Crippen LogP contribution in [0.25, 0.3) is 0 Å². The van der Waals surface area contributed by atoms with Crippen molar-refractivity contribution in [3.8, 4) is 0 Å². The van der Waals surface area contributed by atoms with E-state index in [0.717, 1.165) is 25.7 Å². The van der Waals surface area contributed by atoms with Crippen LogP contribution in [0.5, 0.6) is 0 Å². The molecule has 1 aliphatic heterocycles. The topological polar surface area (TPSA) is 49.6 Å². The fourth-order valence-electron chi connectivity index (χ4n) is 3.98. The average molecular weight is 335 g/mol. The highest BCUT2D eigenvalue weighted by molar-refractivity contribution is 5.79. The summed E-state index contributed by atoms with van der Waals surface area (Å²) in [5.41, 5.74) is 5.75. The number of carbonyl (C=O) groups excluding carboxylic acids is 1. The highest BCUT2D eigenvalue weighted by Crippen LogP contribution is 2.33. The van der Waals surface area contributed by atoms with Crippen LogP contribution < -0.4 is 5.73 Å². The molecule has 2 fully saturated rings. The molecular weight excluding hydrogens is 307 g/mol. The monoisotopic (exact) mass is 335 g/mol. The van der Waals surface area contributed by atoms with Crippen molar-refractivity contribution < 1.29 is 18.0 Å². The number of carbonyl (C=O) groups is 1. The number of likely N-dealkylation sites (tertiary alicyclic amines) is 1. The predicted molar refractivity (Wildman–Crippen MR) is 82.7 cm³/mol. The van der Waals surface area contributed by atoms with Gasteiger partial charge >= 0.3 is 6.18 Å². The number of hydrogen-bond acceptors (Lipinski definition) is 3. The van der Waals surface area contributed by atoms with Crippen LogP contribution in [0.3, 0.4) is 0 Å². The zero-order chi connectivity index (χ0) is 17.0. The maximum atomic E-state index is 12.6. The van der Waals surface area contributed by atoms with Crippen molar-refractivity contribution in [1.82, 2.24) is 9.80 Å². The second-order valence-electron chi connectivity index (χ2n) is 6.92. The molecule has 0 radical (unpaired) electrons. The highest BCUT2D eigenvalue weighted by atomic mass is 19.4. The molecule has 2 aliphatic rings. The Bertz CT molecular complexity index is 403. The molecular formula is C16H28F3N3O. The first-order chi connectivity index (χ1) is 10.8. The van der Waals surface area contributed by atoms with Gasteiger partial charge in [0.25, 0.3) is 0 Å². The minimum absolute atomic E-state index is 0.0243. The van der Waals surface area contributed by atoms with E-state index in [4.69, 9.17) is 5.73 Å². The molecule has 3 atom stereocenters. The first kappa shape index (κ1) is 18.5. The zero-order valence-corrected chi connectivity index (χ0v) is 13.8. The summed E-state index contributed by atoms with van der Waals surface area (Å²) in [6, 6.07) is 0. The largest absolute Gasteiger partial charge is 0.401 e. The van der Waals surface area contributed by atoms with Crippen molar-refractivity contribution in [3.63, 3.8) is 0 Å². The van der Waals surface area contributed by atoms with Crippen molar-refractivity contribution in [2.24, 2.45) is 23.5 Å². The fourth-order valence-corrected chi connectivity index (χ4v) is 3.98. The molecule has 0 spiro atoms. The molecule has 4 nitrogen and oxygen atoms in total. The van der Waals surface area contributed by atoms with Crippen molar-refractivity contribution in [1.29, 1.82) is 0 Å². The van der Waals surface area contributed by atoms with Crippen molar-refractivity contribution in [2.75, 3.05) is 39.3 Å². The van der Waals surface area contributed by atoms with Gasteiger partial charge < -0.3 is 10.6 Å². The minimum atomic E-state index is -4.16. The molecule has 2 N–H and O–H groups in total. The van der Waals surface area contributed by atoms with E-state index in [0.29, 0.717) is 32.7 Å². The second kappa shape index (κ2) is 7.83. The van der Waals surface area contributed by atoms with Gasteiger partial charge in [0.1, 0.15) is 0 Å². The third-order valence-corrected chi connectivity index (χ3v) is 5.24. The Morgan fingerprint density at radius 2 is 2.04 bits per heavy atom. The van der Waals surface area contributed by atoms with E-state index in [2.05, 4.69) is 0 Å². The molecule has 1 heterocycles. The van der Waals surface area contributed by atoms with E-state index in [1.807, 2.05) is 4.90 Å². The lowest BCUT2D eigenvalue weighted by molar-refractivity contribution is -0.147. The average Bonchev–Trinajstić information content (AvgIpc) is 3.13. The molecule has 1 amide bonds. The van der Waals surface area contributed by atoms with E-state index >= 15 is 0 Å². The third kappa shape index (κ3) is 5.08. The van der Waals surface area contributed by atoms with E-state index in [9.17, 15) is 18.0 Å². The summed E-state index contributed by atoms with van der Waals surface area (Å²) in [6.45, 7) is 3.46. The third-order valence-electron chi connectivity index (χ3n) is 5.24. The van der Waals surface area contributed by atoms with Gasteiger partial charge in [-0.1, -0.05) is 13.3 Å². The number of amides is 1. The first-order valence-corrected chi connectivity index (χ1v) is 8.62. The molecule has 1 saturated carbocycles. The maximum Gasteiger partial charge on any atom is 0.401 e. The van der Waals surface area contributed by atoms with Gasteiger partial charge in [-0.05, 0) is 44.2 Å². The molecule has 0 aromatic heterocycles. The van der Waals surface area contributed by atoms with Crippen LogP contribution in [-0.4, -0.2) is 61.2 Å². The van der Waals surface area contributed by atoms with Crippen LogP contribution in [0, 0.1) is 17.8 Å². The lowest BCUT2D eigenvalue weighted by Gasteiger charge is -2.26. The summed E-state index contributed by atoms with van der Waals surface area (Å²) >= 11 is 0. The van der Waals surface area contributed by atoms with Gasteiger partial charge in [-0.2, -0.15) is 13.2 Å². The molecule has 2 rings (SSSR count). The van der Waals surface area contributed by atoms with Crippen molar-refractivity contribution in [2.45, 2.75) is 38.8 Å². The number of halogens is 3. The van der Waals surface area contributed by atoms with E-state index in [1.54, 1.807) is 6.92 Å². The van der Waals surface area contributed by atoms with Crippen molar-refractivity contribution in [3.05, 3.63) is 0 Å².